The van der Waals surface area contributed by atoms with Gasteiger partial charge in [-0.05, 0) is 56.4 Å². The molecule has 0 saturated heterocycles. The Balaban J connectivity index is 1.50. The van der Waals surface area contributed by atoms with Crippen LogP contribution in [-0.4, -0.2) is 19.0 Å². The largest absolute Gasteiger partial charge is 0.356 e. The molecule has 2 saturated carbocycles. The second-order valence-corrected chi connectivity index (χ2v) is 6.19. The summed E-state index contributed by atoms with van der Waals surface area (Å²) in [5.41, 5.74) is 5.44. The van der Waals surface area contributed by atoms with E-state index in [1.807, 2.05) is 0 Å². The van der Waals surface area contributed by atoms with E-state index in [0.717, 1.165) is 44.2 Å². The normalized spacial score (nSPS) is 29.7. The van der Waals surface area contributed by atoms with Crippen LogP contribution in [-0.2, 0) is 4.79 Å². The summed E-state index contributed by atoms with van der Waals surface area (Å²) >= 11 is 0. The predicted molar refractivity (Wildman–Crippen MR) is 74.1 cm³/mol. The molecule has 2 aliphatic carbocycles. The van der Waals surface area contributed by atoms with Crippen LogP contribution in [0.25, 0.3) is 0 Å². The summed E-state index contributed by atoms with van der Waals surface area (Å²) in [4.78, 5) is 11.8. The SMILES string of the molecule is NCCCCCCNC(=O)CC1CC2CCC1C2. The number of nitrogens with one attached hydrogen (secondary N) is 1. The van der Waals surface area contributed by atoms with E-state index < -0.39 is 0 Å². The molecule has 2 fully saturated rings. The summed E-state index contributed by atoms with van der Waals surface area (Å²) in [5, 5.41) is 3.08. The van der Waals surface area contributed by atoms with Crippen LogP contribution in [0.2, 0.25) is 0 Å². The Morgan fingerprint density at radius 2 is 1.94 bits per heavy atom. The molecule has 2 bridgehead atoms. The molecule has 2 aliphatic rings. The van der Waals surface area contributed by atoms with Gasteiger partial charge in [-0.15, -0.1) is 0 Å². The van der Waals surface area contributed by atoms with Crippen LogP contribution in [0.3, 0.4) is 0 Å². The number of carbonyl (C=O) groups is 1. The third-order valence-electron chi connectivity index (χ3n) is 4.79. The molecule has 0 aromatic rings. The highest BCUT2D eigenvalue weighted by atomic mass is 16.1. The van der Waals surface area contributed by atoms with Crippen molar-refractivity contribution in [1.29, 1.82) is 0 Å². The minimum atomic E-state index is 0.284. The standard InChI is InChI=1S/C15H28N2O/c16-7-3-1-2-4-8-17-15(18)11-14-10-12-5-6-13(14)9-12/h12-14H,1-11,16H2,(H,17,18). The summed E-state index contributed by atoms with van der Waals surface area (Å²) in [7, 11) is 0. The highest BCUT2D eigenvalue weighted by molar-refractivity contribution is 5.76. The second-order valence-electron chi connectivity index (χ2n) is 6.19. The van der Waals surface area contributed by atoms with Crippen LogP contribution < -0.4 is 11.1 Å². The number of amides is 1. The summed E-state index contributed by atoms with van der Waals surface area (Å²) in [6.07, 6.45) is 10.9. The molecule has 3 N–H and O–H groups in total. The van der Waals surface area contributed by atoms with Gasteiger partial charge in [0.2, 0.25) is 5.91 Å². The monoisotopic (exact) mass is 252 g/mol. The summed E-state index contributed by atoms with van der Waals surface area (Å²) in [6.45, 7) is 1.64. The molecule has 1 amide bonds. The number of carbonyl (C=O) groups excluding carboxylic acids is 1. The fourth-order valence-corrected chi connectivity index (χ4v) is 3.79. The summed E-state index contributed by atoms with van der Waals surface area (Å²) < 4.78 is 0. The first kappa shape index (κ1) is 13.9. The van der Waals surface area contributed by atoms with Gasteiger partial charge in [0.1, 0.15) is 0 Å². The van der Waals surface area contributed by atoms with Crippen LogP contribution in [0.4, 0.5) is 0 Å². The maximum absolute atomic E-state index is 11.8. The lowest BCUT2D eigenvalue weighted by molar-refractivity contribution is -0.122. The third-order valence-corrected chi connectivity index (χ3v) is 4.79. The van der Waals surface area contributed by atoms with E-state index in [9.17, 15) is 4.79 Å². The fraction of sp³-hybridized carbons (Fsp3) is 0.933. The number of nitrogens with two attached hydrogens (primary N) is 1. The van der Waals surface area contributed by atoms with E-state index in [1.165, 1.54) is 38.5 Å². The Morgan fingerprint density at radius 1 is 1.11 bits per heavy atom. The number of unbranched alkanes of at least 4 members (excludes halogenated alkanes) is 3. The van der Waals surface area contributed by atoms with Gasteiger partial charge in [-0.25, -0.2) is 0 Å². The average Bonchev–Trinajstić information content (AvgIpc) is 2.95. The molecule has 104 valence electrons. The molecule has 3 nitrogen and oxygen atoms in total. The Kier molecular flexibility index (Phi) is 5.48. The van der Waals surface area contributed by atoms with Gasteiger partial charge >= 0.3 is 0 Å². The van der Waals surface area contributed by atoms with Crippen molar-refractivity contribution < 1.29 is 4.79 Å². The van der Waals surface area contributed by atoms with E-state index in [1.54, 1.807) is 0 Å². The van der Waals surface area contributed by atoms with Gasteiger partial charge in [0, 0.05) is 13.0 Å². The zero-order valence-corrected chi connectivity index (χ0v) is 11.5. The van der Waals surface area contributed by atoms with Crippen molar-refractivity contribution in [3.05, 3.63) is 0 Å². The maximum Gasteiger partial charge on any atom is 0.220 e. The number of rotatable bonds is 8. The van der Waals surface area contributed by atoms with Crippen molar-refractivity contribution in [2.45, 2.75) is 57.8 Å². The molecule has 3 heteroatoms. The van der Waals surface area contributed by atoms with Crippen LogP contribution >= 0.6 is 0 Å². The van der Waals surface area contributed by atoms with Crippen LogP contribution in [0.15, 0.2) is 0 Å². The molecule has 18 heavy (non-hydrogen) atoms. The van der Waals surface area contributed by atoms with Crippen molar-refractivity contribution in [3.63, 3.8) is 0 Å². The topological polar surface area (TPSA) is 55.1 Å². The minimum Gasteiger partial charge on any atom is -0.356 e. The van der Waals surface area contributed by atoms with Crippen molar-refractivity contribution >= 4 is 5.91 Å². The third kappa shape index (κ3) is 3.98. The van der Waals surface area contributed by atoms with Crippen molar-refractivity contribution in [1.82, 2.24) is 5.32 Å². The molecule has 3 unspecified atom stereocenters. The van der Waals surface area contributed by atoms with Crippen molar-refractivity contribution in [2.24, 2.45) is 23.5 Å². The van der Waals surface area contributed by atoms with Gasteiger partial charge in [-0.3, -0.25) is 4.79 Å². The first-order valence-corrected chi connectivity index (χ1v) is 7.76. The molecule has 0 aromatic carbocycles. The van der Waals surface area contributed by atoms with E-state index in [0.29, 0.717) is 5.92 Å². The molecule has 2 rings (SSSR count). The average molecular weight is 252 g/mol. The van der Waals surface area contributed by atoms with Gasteiger partial charge in [-0.1, -0.05) is 19.3 Å². The smallest absolute Gasteiger partial charge is 0.220 e. The number of fused-ring (bicyclic) bond motifs is 2. The summed E-state index contributed by atoms with van der Waals surface area (Å²) in [6, 6.07) is 0. The van der Waals surface area contributed by atoms with Crippen molar-refractivity contribution in [3.8, 4) is 0 Å². The van der Waals surface area contributed by atoms with E-state index >= 15 is 0 Å². The maximum atomic E-state index is 11.8. The molecule has 0 aliphatic heterocycles. The lowest BCUT2D eigenvalue weighted by atomic mass is 9.86. The van der Waals surface area contributed by atoms with Gasteiger partial charge in [-0.2, -0.15) is 0 Å². The minimum absolute atomic E-state index is 0.284. The van der Waals surface area contributed by atoms with E-state index in [-0.39, 0.29) is 5.91 Å². The molecule has 0 spiro atoms. The van der Waals surface area contributed by atoms with Crippen LogP contribution in [0, 0.1) is 17.8 Å². The quantitative estimate of drug-likeness (QED) is 0.652. The Bertz CT molecular complexity index is 267. The Labute approximate surface area is 111 Å². The van der Waals surface area contributed by atoms with Gasteiger partial charge in [0.25, 0.3) is 0 Å². The second kappa shape index (κ2) is 7.13. The molecule has 3 atom stereocenters. The van der Waals surface area contributed by atoms with Crippen LogP contribution in [0.5, 0.6) is 0 Å². The Hall–Kier alpha value is -0.570. The highest BCUT2D eigenvalue weighted by Crippen LogP contribution is 2.49. The Morgan fingerprint density at radius 3 is 2.61 bits per heavy atom. The predicted octanol–water partition coefficient (Wildman–Crippen LogP) is 2.45. The zero-order valence-electron chi connectivity index (χ0n) is 11.5. The van der Waals surface area contributed by atoms with Gasteiger partial charge in [0.05, 0.1) is 0 Å². The lowest BCUT2D eigenvalue weighted by Crippen LogP contribution is -2.28. The highest BCUT2D eigenvalue weighted by Gasteiger charge is 2.39. The van der Waals surface area contributed by atoms with Gasteiger partial charge < -0.3 is 11.1 Å². The van der Waals surface area contributed by atoms with Crippen LogP contribution in [0.1, 0.15) is 57.8 Å². The number of hydrogen-bond acceptors (Lipinski definition) is 2. The fourth-order valence-electron chi connectivity index (χ4n) is 3.79. The van der Waals surface area contributed by atoms with Gasteiger partial charge in [0.15, 0.2) is 0 Å². The van der Waals surface area contributed by atoms with Crippen molar-refractivity contribution in [2.75, 3.05) is 13.1 Å². The lowest BCUT2D eigenvalue weighted by Gasteiger charge is -2.20. The molecule has 0 aromatic heterocycles. The van der Waals surface area contributed by atoms with E-state index in [2.05, 4.69) is 5.32 Å². The first-order chi connectivity index (χ1) is 8.79. The molecular formula is C15H28N2O. The number of hydrogen-bond donors (Lipinski definition) is 2. The molecule has 0 heterocycles. The molecule has 0 radical (unpaired) electrons. The zero-order chi connectivity index (χ0) is 12.8. The van der Waals surface area contributed by atoms with E-state index in [4.69, 9.17) is 5.73 Å². The first-order valence-electron chi connectivity index (χ1n) is 7.76. The summed E-state index contributed by atoms with van der Waals surface area (Å²) in [5.74, 6) is 2.79. The molecular weight excluding hydrogens is 224 g/mol.